The Hall–Kier alpha value is -1.15. The highest BCUT2D eigenvalue weighted by Crippen LogP contribution is 2.30. The minimum Gasteiger partial charge on any atom is -0.313 e. The van der Waals surface area contributed by atoms with E-state index in [0.29, 0.717) is 19.0 Å². The Kier molecular flexibility index (Phi) is 5.52. The maximum Gasteiger partial charge on any atom is 0.416 e. The Balaban J connectivity index is 2.54. The molecule has 1 N–H and O–H groups in total. The van der Waals surface area contributed by atoms with Crippen LogP contribution in [-0.4, -0.2) is 27.0 Å². The van der Waals surface area contributed by atoms with Crippen LogP contribution in [-0.2, 0) is 22.6 Å². The molecule has 1 aromatic carbocycles. The van der Waals surface area contributed by atoms with E-state index in [2.05, 4.69) is 5.32 Å². The summed E-state index contributed by atoms with van der Waals surface area (Å²) in [5.41, 5.74) is -0.873. The maximum atomic E-state index is 13.1. The van der Waals surface area contributed by atoms with Gasteiger partial charge in [-0.2, -0.15) is 13.2 Å². The van der Waals surface area contributed by atoms with Gasteiger partial charge in [0.1, 0.15) is 15.7 Å². The van der Waals surface area contributed by atoms with Gasteiger partial charge in [0.25, 0.3) is 0 Å². The molecular weight excluding hydrogens is 298 g/mol. The van der Waals surface area contributed by atoms with Crippen molar-refractivity contribution < 1.29 is 26.0 Å². The van der Waals surface area contributed by atoms with Crippen molar-refractivity contribution in [3.05, 3.63) is 35.1 Å². The highest BCUT2D eigenvalue weighted by Gasteiger charge is 2.31. The minimum atomic E-state index is -4.59. The third-order valence-electron chi connectivity index (χ3n) is 2.48. The zero-order valence-electron chi connectivity index (χ0n) is 10.8. The lowest BCUT2D eigenvalue weighted by Crippen LogP contribution is -2.18. The van der Waals surface area contributed by atoms with E-state index in [0.717, 1.165) is 18.4 Å². The molecule has 0 unspecified atom stereocenters. The highest BCUT2D eigenvalue weighted by atomic mass is 32.2. The molecule has 20 heavy (non-hydrogen) atoms. The molecule has 0 radical (unpaired) electrons. The van der Waals surface area contributed by atoms with Crippen molar-refractivity contribution >= 4 is 9.84 Å². The van der Waals surface area contributed by atoms with Gasteiger partial charge >= 0.3 is 6.18 Å². The number of alkyl halides is 3. The fourth-order valence-corrected chi connectivity index (χ4v) is 2.28. The zero-order chi connectivity index (χ0) is 15.4. The lowest BCUT2D eigenvalue weighted by molar-refractivity contribution is -0.137. The van der Waals surface area contributed by atoms with Gasteiger partial charge in [-0.05, 0) is 36.7 Å². The summed E-state index contributed by atoms with van der Waals surface area (Å²) in [6.07, 6.45) is -3.14. The molecule has 0 bridgehead atoms. The molecule has 114 valence electrons. The van der Waals surface area contributed by atoms with Gasteiger partial charge in [-0.1, -0.05) is 0 Å². The fourth-order valence-electron chi connectivity index (χ4n) is 1.61. The SMILES string of the molecule is CS(=O)(=O)CCCNCc1cc(F)cc(C(F)(F)F)c1. The van der Waals surface area contributed by atoms with Crippen molar-refractivity contribution in [3.63, 3.8) is 0 Å². The quantitative estimate of drug-likeness (QED) is 0.648. The molecule has 0 amide bonds. The summed E-state index contributed by atoms with van der Waals surface area (Å²) < 4.78 is 72.2. The van der Waals surface area contributed by atoms with E-state index in [1.807, 2.05) is 0 Å². The Morgan fingerprint density at radius 2 is 1.85 bits per heavy atom. The predicted octanol–water partition coefficient (Wildman–Crippen LogP) is 2.37. The zero-order valence-corrected chi connectivity index (χ0v) is 11.6. The molecule has 3 nitrogen and oxygen atoms in total. The number of rotatable bonds is 6. The summed E-state index contributed by atoms with van der Waals surface area (Å²) in [5, 5.41) is 2.78. The average molecular weight is 313 g/mol. The number of nitrogens with one attached hydrogen (secondary N) is 1. The van der Waals surface area contributed by atoms with Crippen molar-refractivity contribution in [1.82, 2.24) is 5.32 Å². The van der Waals surface area contributed by atoms with E-state index in [1.165, 1.54) is 0 Å². The van der Waals surface area contributed by atoms with Gasteiger partial charge in [0.2, 0.25) is 0 Å². The fraction of sp³-hybridized carbons (Fsp3) is 0.500. The van der Waals surface area contributed by atoms with E-state index >= 15 is 0 Å². The minimum absolute atomic E-state index is 0.00302. The van der Waals surface area contributed by atoms with Crippen molar-refractivity contribution in [2.75, 3.05) is 18.6 Å². The van der Waals surface area contributed by atoms with Gasteiger partial charge in [-0.15, -0.1) is 0 Å². The lowest BCUT2D eigenvalue weighted by atomic mass is 10.1. The van der Waals surface area contributed by atoms with Crippen LogP contribution in [0.2, 0.25) is 0 Å². The topological polar surface area (TPSA) is 46.2 Å². The second-order valence-electron chi connectivity index (χ2n) is 4.51. The standard InChI is InChI=1S/C12H15F4NO2S/c1-20(18,19)4-2-3-17-8-9-5-10(12(14,15)16)7-11(13)6-9/h5-7,17H,2-4,8H2,1H3. The van der Waals surface area contributed by atoms with Crippen LogP contribution in [0.4, 0.5) is 17.6 Å². The van der Waals surface area contributed by atoms with Crippen molar-refractivity contribution in [1.29, 1.82) is 0 Å². The summed E-state index contributed by atoms with van der Waals surface area (Å²) in [7, 11) is -3.05. The first kappa shape index (κ1) is 16.9. The molecule has 0 atom stereocenters. The third kappa shape index (κ3) is 6.33. The van der Waals surface area contributed by atoms with E-state index in [-0.39, 0.29) is 17.9 Å². The average Bonchev–Trinajstić information content (AvgIpc) is 2.25. The Bertz CT molecular complexity index is 555. The Morgan fingerprint density at radius 1 is 1.20 bits per heavy atom. The number of benzene rings is 1. The number of sulfone groups is 1. The van der Waals surface area contributed by atoms with Crippen LogP contribution >= 0.6 is 0 Å². The van der Waals surface area contributed by atoms with Crippen molar-refractivity contribution in [2.24, 2.45) is 0 Å². The van der Waals surface area contributed by atoms with Gasteiger partial charge in [0.05, 0.1) is 11.3 Å². The first-order valence-corrected chi connectivity index (χ1v) is 7.89. The first-order valence-electron chi connectivity index (χ1n) is 5.83. The summed E-state index contributed by atoms with van der Waals surface area (Å²) in [6.45, 7) is 0.371. The number of hydrogen-bond acceptors (Lipinski definition) is 3. The summed E-state index contributed by atoms with van der Waals surface area (Å²) in [5.74, 6) is -0.954. The van der Waals surface area contributed by atoms with Crippen molar-refractivity contribution in [3.8, 4) is 0 Å². The van der Waals surface area contributed by atoms with Crippen LogP contribution in [0, 0.1) is 5.82 Å². The molecule has 0 heterocycles. The lowest BCUT2D eigenvalue weighted by Gasteiger charge is -2.10. The van der Waals surface area contributed by atoms with E-state index in [4.69, 9.17) is 0 Å². The van der Waals surface area contributed by atoms with E-state index < -0.39 is 27.4 Å². The molecule has 0 aliphatic rings. The molecule has 1 rings (SSSR count). The van der Waals surface area contributed by atoms with E-state index in [9.17, 15) is 26.0 Å². The Labute approximate surface area is 114 Å². The second-order valence-corrected chi connectivity index (χ2v) is 6.77. The molecule has 0 fully saturated rings. The monoisotopic (exact) mass is 313 g/mol. The van der Waals surface area contributed by atoms with Gasteiger partial charge in [-0.25, -0.2) is 12.8 Å². The number of halogens is 4. The van der Waals surface area contributed by atoms with Gasteiger partial charge in [-0.3, -0.25) is 0 Å². The normalized spacial score (nSPS) is 12.7. The van der Waals surface area contributed by atoms with Gasteiger partial charge < -0.3 is 5.32 Å². The molecular formula is C12H15F4NO2S. The molecule has 0 aliphatic carbocycles. The van der Waals surface area contributed by atoms with Crippen LogP contribution in [0.3, 0.4) is 0 Å². The van der Waals surface area contributed by atoms with Crippen molar-refractivity contribution in [2.45, 2.75) is 19.1 Å². The number of hydrogen-bond donors (Lipinski definition) is 1. The Morgan fingerprint density at radius 3 is 2.40 bits per heavy atom. The molecule has 0 aromatic heterocycles. The molecule has 0 saturated carbocycles. The molecule has 1 aromatic rings. The predicted molar refractivity (Wildman–Crippen MR) is 67.4 cm³/mol. The molecule has 0 aliphatic heterocycles. The van der Waals surface area contributed by atoms with Crippen LogP contribution in [0.5, 0.6) is 0 Å². The van der Waals surface area contributed by atoms with Crippen LogP contribution in [0.25, 0.3) is 0 Å². The highest BCUT2D eigenvalue weighted by molar-refractivity contribution is 7.90. The summed E-state index contributed by atoms with van der Waals surface area (Å²) in [4.78, 5) is 0. The van der Waals surface area contributed by atoms with Crippen LogP contribution in [0.15, 0.2) is 18.2 Å². The smallest absolute Gasteiger partial charge is 0.313 e. The van der Waals surface area contributed by atoms with Crippen LogP contribution < -0.4 is 5.32 Å². The largest absolute Gasteiger partial charge is 0.416 e. The van der Waals surface area contributed by atoms with E-state index in [1.54, 1.807) is 0 Å². The van der Waals surface area contributed by atoms with Crippen LogP contribution in [0.1, 0.15) is 17.5 Å². The molecule has 8 heteroatoms. The van der Waals surface area contributed by atoms with Gasteiger partial charge in [0.15, 0.2) is 0 Å². The molecule has 0 saturated heterocycles. The molecule has 0 spiro atoms. The second kappa shape index (κ2) is 6.53. The van der Waals surface area contributed by atoms with Gasteiger partial charge in [0, 0.05) is 12.8 Å². The summed E-state index contributed by atoms with van der Waals surface area (Å²) in [6, 6.07) is 2.32. The third-order valence-corrected chi connectivity index (χ3v) is 3.51. The maximum absolute atomic E-state index is 13.1. The first-order chi connectivity index (χ1) is 9.08. The summed E-state index contributed by atoms with van der Waals surface area (Å²) >= 11 is 0.